The molecule has 0 aliphatic carbocycles. The fraction of sp³-hybridized carbons (Fsp3) is 0.200. The summed E-state index contributed by atoms with van der Waals surface area (Å²) < 4.78 is 4.05. The van der Waals surface area contributed by atoms with Gasteiger partial charge in [0.2, 0.25) is 5.91 Å². The van der Waals surface area contributed by atoms with E-state index in [4.69, 9.17) is 5.10 Å². The van der Waals surface area contributed by atoms with Crippen molar-refractivity contribution in [2.75, 3.05) is 0 Å². The zero-order chi connectivity index (χ0) is 17.4. The number of fused-ring (bicyclic) bond motifs is 1. The zero-order valence-corrected chi connectivity index (χ0v) is 14.4. The van der Waals surface area contributed by atoms with Gasteiger partial charge in [0.1, 0.15) is 5.82 Å². The standard InChI is InChI=1S/C20H20N4O/c1-3-7-19(25)23-13-17-18(14-23)21-24(16-9-6-8-15(2)12-16)20(17)22-10-4-5-11-22/h3-12H,13-14H2,1-2H3/b7-3+. The molecule has 0 spiro atoms. The first-order valence-electron chi connectivity index (χ1n) is 8.40. The van der Waals surface area contributed by atoms with Gasteiger partial charge < -0.3 is 9.47 Å². The number of hydrogen-bond acceptors (Lipinski definition) is 2. The first-order chi connectivity index (χ1) is 12.2. The minimum atomic E-state index is 0.0288. The van der Waals surface area contributed by atoms with Crippen molar-refractivity contribution in [2.45, 2.75) is 26.9 Å². The van der Waals surface area contributed by atoms with Gasteiger partial charge in [-0.25, -0.2) is 4.68 Å². The molecule has 1 aliphatic heterocycles. The highest BCUT2D eigenvalue weighted by atomic mass is 16.2. The number of amides is 1. The van der Waals surface area contributed by atoms with Crippen LogP contribution in [0, 0.1) is 6.92 Å². The molecule has 5 heteroatoms. The molecular formula is C20H20N4O. The van der Waals surface area contributed by atoms with E-state index in [2.05, 4.69) is 29.7 Å². The number of benzene rings is 1. The van der Waals surface area contributed by atoms with Crippen molar-refractivity contribution in [3.05, 3.63) is 77.8 Å². The number of aromatic nitrogens is 3. The van der Waals surface area contributed by atoms with Crippen LogP contribution in [0.5, 0.6) is 0 Å². The lowest BCUT2D eigenvalue weighted by atomic mass is 10.2. The monoisotopic (exact) mass is 332 g/mol. The van der Waals surface area contributed by atoms with E-state index >= 15 is 0 Å². The van der Waals surface area contributed by atoms with Crippen LogP contribution < -0.4 is 0 Å². The van der Waals surface area contributed by atoms with Gasteiger partial charge in [-0.05, 0) is 49.8 Å². The lowest BCUT2D eigenvalue weighted by Crippen LogP contribution is -2.24. The molecule has 2 aromatic heterocycles. The van der Waals surface area contributed by atoms with Gasteiger partial charge in [-0.1, -0.05) is 18.2 Å². The predicted molar refractivity (Wildman–Crippen MR) is 96.7 cm³/mol. The first kappa shape index (κ1) is 15.4. The fourth-order valence-corrected chi connectivity index (χ4v) is 3.29. The normalized spacial score (nSPS) is 13.6. The molecule has 1 amide bonds. The Bertz CT molecular complexity index is 950. The maximum Gasteiger partial charge on any atom is 0.246 e. The van der Waals surface area contributed by atoms with E-state index in [-0.39, 0.29) is 5.91 Å². The van der Waals surface area contributed by atoms with Crippen LogP contribution in [0.2, 0.25) is 0 Å². The van der Waals surface area contributed by atoms with Crippen LogP contribution in [0.25, 0.3) is 11.5 Å². The molecule has 1 aromatic carbocycles. The molecule has 5 nitrogen and oxygen atoms in total. The molecular weight excluding hydrogens is 312 g/mol. The van der Waals surface area contributed by atoms with Crippen molar-refractivity contribution in [2.24, 2.45) is 0 Å². The second kappa shape index (κ2) is 6.09. The zero-order valence-electron chi connectivity index (χ0n) is 14.4. The molecule has 3 heterocycles. The third-order valence-electron chi connectivity index (χ3n) is 4.45. The van der Waals surface area contributed by atoms with Crippen LogP contribution in [0.3, 0.4) is 0 Å². The van der Waals surface area contributed by atoms with Crippen LogP contribution in [0.15, 0.2) is 60.9 Å². The number of aryl methyl sites for hydroxylation is 1. The Morgan fingerprint density at radius 3 is 2.68 bits per heavy atom. The quantitative estimate of drug-likeness (QED) is 0.690. The number of carbonyl (C=O) groups excluding carboxylic acids is 1. The van der Waals surface area contributed by atoms with E-state index in [0.717, 1.165) is 22.8 Å². The Balaban J connectivity index is 1.82. The lowest BCUT2D eigenvalue weighted by Gasteiger charge is -2.16. The van der Waals surface area contributed by atoms with Gasteiger partial charge in [-0.3, -0.25) is 4.79 Å². The van der Waals surface area contributed by atoms with Crippen LogP contribution in [0.4, 0.5) is 0 Å². The summed E-state index contributed by atoms with van der Waals surface area (Å²) in [7, 11) is 0. The third-order valence-corrected chi connectivity index (χ3v) is 4.45. The Morgan fingerprint density at radius 1 is 1.16 bits per heavy atom. The second-order valence-electron chi connectivity index (χ2n) is 6.28. The Kier molecular flexibility index (Phi) is 3.76. The minimum Gasteiger partial charge on any atom is -0.329 e. The van der Waals surface area contributed by atoms with E-state index in [1.807, 2.05) is 47.1 Å². The van der Waals surface area contributed by atoms with E-state index in [1.54, 1.807) is 12.2 Å². The second-order valence-corrected chi connectivity index (χ2v) is 6.28. The van der Waals surface area contributed by atoms with Crippen molar-refractivity contribution in [1.29, 1.82) is 0 Å². The molecule has 0 unspecified atom stereocenters. The molecule has 1 aliphatic rings. The van der Waals surface area contributed by atoms with E-state index < -0.39 is 0 Å². The first-order valence-corrected chi connectivity index (χ1v) is 8.40. The van der Waals surface area contributed by atoms with Crippen LogP contribution >= 0.6 is 0 Å². The minimum absolute atomic E-state index is 0.0288. The van der Waals surface area contributed by atoms with Gasteiger partial charge in [0.25, 0.3) is 0 Å². The Morgan fingerprint density at radius 2 is 1.96 bits per heavy atom. The number of allylic oxidation sites excluding steroid dienone is 1. The molecule has 0 saturated carbocycles. The summed E-state index contributed by atoms with van der Waals surface area (Å²) in [6, 6.07) is 12.3. The SMILES string of the molecule is C/C=C/C(=O)N1Cc2nn(-c3cccc(C)c3)c(-n3cccc3)c2C1. The van der Waals surface area contributed by atoms with Crippen LogP contribution in [-0.2, 0) is 17.9 Å². The molecule has 0 atom stereocenters. The molecule has 126 valence electrons. The summed E-state index contributed by atoms with van der Waals surface area (Å²) in [4.78, 5) is 14.0. The molecule has 0 fully saturated rings. The van der Waals surface area contributed by atoms with Crippen LogP contribution in [-0.4, -0.2) is 25.2 Å². The fourth-order valence-electron chi connectivity index (χ4n) is 3.29. The predicted octanol–water partition coefficient (Wildman–Crippen LogP) is 3.39. The molecule has 0 saturated heterocycles. The van der Waals surface area contributed by atoms with Crippen molar-refractivity contribution < 1.29 is 4.79 Å². The third kappa shape index (κ3) is 2.67. The molecule has 4 rings (SSSR count). The summed E-state index contributed by atoms with van der Waals surface area (Å²) >= 11 is 0. The summed E-state index contributed by atoms with van der Waals surface area (Å²) in [5, 5.41) is 4.83. The molecule has 0 bridgehead atoms. The number of nitrogens with zero attached hydrogens (tertiary/aromatic N) is 4. The lowest BCUT2D eigenvalue weighted by molar-refractivity contribution is -0.126. The van der Waals surface area contributed by atoms with E-state index in [0.29, 0.717) is 13.1 Å². The summed E-state index contributed by atoms with van der Waals surface area (Å²) in [6.45, 7) is 5.06. The van der Waals surface area contributed by atoms with Crippen molar-refractivity contribution in [3.63, 3.8) is 0 Å². The van der Waals surface area contributed by atoms with E-state index in [9.17, 15) is 4.79 Å². The maximum atomic E-state index is 12.2. The van der Waals surface area contributed by atoms with Gasteiger partial charge in [0, 0.05) is 18.0 Å². The van der Waals surface area contributed by atoms with Crippen molar-refractivity contribution >= 4 is 5.91 Å². The summed E-state index contributed by atoms with van der Waals surface area (Å²) in [5.41, 5.74) is 4.29. The highest BCUT2D eigenvalue weighted by molar-refractivity contribution is 5.88. The highest BCUT2D eigenvalue weighted by Crippen LogP contribution is 2.30. The molecule has 3 aromatic rings. The summed E-state index contributed by atoms with van der Waals surface area (Å²) in [6.07, 6.45) is 7.41. The highest BCUT2D eigenvalue weighted by Gasteiger charge is 2.30. The van der Waals surface area contributed by atoms with Gasteiger partial charge in [-0.2, -0.15) is 5.10 Å². The van der Waals surface area contributed by atoms with E-state index in [1.165, 1.54) is 5.56 Å². The summed E-state index contributed by atoms with van der Waals surface area (Å²) in [5.74, 6) is 1.03. The number of rotatable bonds is 3. The molecule has 25 heavy (non-hydrogen) atoms. The van der Waals surface area contributed by atoms with Gasteiger partial charge >= 0.3 is 0 Å². The van der Waals surface area contributed by atoms with Crippen molar-refractivity contribution in [3.8, 4) is 11.5 Å². The van der Waals surface area contributed by atoms with Gasteiger partial charge in [0.15, 0.2) is 0 Å². The average Bonchev–Trinajstić information content (AvgIpc) is 3.30. The average molecular weight is 332 g/mol. The van der Waals surface area contributed by atoms with Crippen molar-refractivity contribution in [1.82, 2.24) is 19.2 Å². The van der Waals surface area contributed by atoms with Gasteiger partial charge in [0.05, 0.1) is 24.5 Å². The molecule has 0 radical (unpaired) electrons. The maximum absolute atomic E-state index is 12.2. The van der Waals surface area contributed by atoms with Gasteiger partial charge in [-0.15, -0.1) is 0 Å². The number of carbonyl (C=O) groups is 1. The topological polar surface area (TPSA) is 43.1 Å². The largest absolute Gasteiger partial charge is 0.329 e. The smallest absolute Gasteiger partial charge is 0.246 e. The Labute approximate surface area is 146 Å². The number of hydrogen-bond donors (Lipinski definition) is 0. The Hall–Kier alpha value is -3.08. The molecule has 0 N–H and O–H groups in total. The van der Waals surface area contributed by atoms with Crippen LogP contribution in [0.1, 0.15) is 23.7 Å².